The number of anilines is 1. The van der Waals surface area contributed by atoms with Gasteiger partial charge < -0.3 is 9.64 Å². The molecule has 0 fully saturated rings. The number of amides is 1. The van der Waals surface area contributed by atoms with Gasteiger partial charge in [-0.2, -0.15) is 0 Å². The quantitative estimate of drug-likeness (QED) is 0.598. The van der Waals surface area contributed by atoms with Gasteiger partial charge in [-0.3, -0.25) is 13.9 Å². The van der Waals surface area contributed by atoms with E-state index < -0.39 is 11.5 Å². The highest BCUT2D eigenvalue weighted by atomic mass is 16.5. The lowest BCUT2D eigenvalue weighted by Crippen LogP contribution is -2.47. The zero-order chi connectivity index (χ0) is 23.7. The second-order valence-electron chi connectivity index (χ2n) is 9.43. The zero-order valence-corrected chi connectivity index (χ0v) is 20.0. The lowest BCUT2D eigenvalue weighted by atomic mass is 9.88. The van der Waals surface area contributed by atoms with Gasteiger partial charge in [0, 0.05) is 25.2 Å². The van der Waals surface area contributed by atoms with Crippen LogP contribution in [-0.4, -0.2) is 27.2 Å². The maximum absolute atomic E-state index is 14.2. The normalized spacial score (nSPS) is 18.4. The molecule has 0 spiro atoms. The minimum atomic E-state index is -0.605. The van der Waals surface area contributed by atoms with Crippen molar-refractivity contribution in [3.8, 4) is 17.0 Å². The summed E-state index contributed by atoms with van der Waals surface area (Å²) in [5.74, 6) is 0.111. The monoisotopic (exact) mass is 443 g/mol. The van der Waals surface area contributed by atoms with Crippen molar-refractivity contribution in [2.45, 2.75) is 39.2 Å². The van der Waals surface area contributed by atoms with Gasteiger partial charge in [0.05, 0.1) is 29.2 Å². The van der Waals surface area contributed by atoms with Crippen molar-refractivity contribution in [3.05, 3.63) is 75.8 Å². The van der Waals surface area contributed by atoms with Crippen molar-refractivity contribution in [3.63, 3.8) is 0 Å². The predicted molar refractivity (Wildman–Crippen MR) is 131 cm³/mol. The predicted octanol–water partition coefficient (Wildman–Crippen LogP) is 4.46. The summed E-state index contributed by atoms with van der Waals surface area (Å²) in [4.78, 5) is 29.2. The molecule has 0 bridgehead atoms. The number of hydrogen-bond donors (Lipinski definition) is 0. The highest BCUT2D eigenvalue weighted by Gasteiger charge is 2.49. The van der Waals surface area contributed by atoms with Crippen LogP contribution in [0.15, 0.2) is 53.3 Å². The fourth-order valence-corrected chi connectivity index (χ4v) is 5.55. The molecule has 3 heterocycles. The number of carbonyl (C=O) groups is 1. The third-order valence-corrected chi connectivity index (χ3v) is 6.83. The molecule has 2 aromatic carbocycles. The number of nitrogens with zero attached hydrogens (tertiary/aromatic N) is 3. The fraction of sp³-hybridized carbons (Fsp3) is 0.333. The van der Waals surface area contributed by atoms with Gasteiger partial charge in [-0.15, -0.1) is 0 Å². The maximum Gasteiger partial charge on any atom is 0.328 e. The summed E-state index contributed by atoms with van der Waals surface area (Å²) in [5.41, 5.74) is 5.68. The van der Waals surface area contributed by atoms with Crippen LogP contribution >= 0.6 is 0 Å². The minimum Gasteiger partial charge on any atom is -0.494 e. The third-order valence-electron chi connectivity index (χ3n) is 6.83. The molecular formula is C27H29N3O3. The summed E-state index contributed by atoms with van der Waals surface area (Å²) in [6, 6.07) is 13.8. The molecule has 3 aromatic rings. The van der Waals surface area contributed by atoms with E-state index in [9.17, 15) is 9.59 Å². The van der Waals surface area contributed by atoms with Gasteiger partial charge in [-0.25, -0.2) is 4.79 Å². The van der Waals surface area contributed by atoms with Crippen LogP contribution in [0.2, 0.25) is 0 Å². The molecule has 0 saturated carbocycles. The Morgan fingerprint density at radius 1 is 1.03 bits per heavy atom. The smallest absolute Gasteiger partial charge is 0.328 e. The Bertz CT molecular complexity index is 1380. The molecule has 6 heteroatoms. The Labute approximate surface area is 193 Å². The zero-order valence-electron chi connectivity index (χ0n) is 20.0. The van der Waals surface area contributed by atoms with Crippen LogP contribution in [0, 0.1) is 0 Å². The molecule has 5 rings (SSSR count). The second-order valence-corrected chi connectivity index (χ2v) is 9.43. The third kappa shape index (κ3) is 2.93. The van der Waals surface area contributed by atoms with E-state index in [0.717, 1.165) is 39.4 Å². The van der Waals surface area contributed by atoms with E-state index in [1.54, 1.807) is 23.2 Å². The van der Waals surface area contributed by atoms with Crippen molar-refractivity contribution in [2.24, 2.45) is 14.1 Å². The van der Waals surface area contributed by atoms with Gasteiger partial charge in [0.25, 0.3) is 0 Å². The molecule has 0 saturated heterocycles. The number of ether oxygens (including phenoxy) is 1. The Kier molecular flexibility index (Phi) is 4.67. The van der Waals surface area contributed by atoms with E-state index in [2.05, 4.69) is 26.8 Å². The number of allylic oxidation sites excluding steroid dienone is 1. The van der Waals surface area contributed by atoms with Gasteiger partial charge in [0.2, 0.25) is 5.91 Å². The average molecular weight is 444 g/mol. The molecule has 6 nitrogen and oxygen atoms in total. The summed E-state index contributed by atoms with van der Waals surface area (Å²) < 4.78 is 9.16. The van der Waals surface area contributed by atoms with Crippen LogP contribution in [0.5, 0.6) is 5.75 Å². The molecule has 0 N–H and O–H groups in total. The van der Waals surface area contributed by atoms with Gasteiger partial charge in [-0.05, 0) is 51.0 Å². The van der Waals surface area contributed by atoms with E-state index in [-0.39, 0.29) is 11.6 Å². The van der Waals surface area contributed by atoms with Crippen molar-refractivity contribution in [1.29, 1.82) is 0 Å². The molecule has 0 radical (unpaired) electrons. The Morgan fingerprint density at radius 3 is 2.39 bits per heavy atom. The van der Waals surface area contributed by atoms with E-state index >= 15 is 0 Å². The lowest BCUT2D eigenvalue weighted by Gasteiger charge is -2.39. The second kappa shape index (κ2) is 7.24. The maximum atomic E-state index is 14.2. The van der Waals surface area contributed by atoms with Crippen molar-refractivity contribution < 1.29 is 9.53 Å². The topological polar surface area (TPSA) is 56.5 Å². The van der Waals surface area contributed by atoms with Crippen molar-refractivity contribution in [1.82, 2.24) is 9.13 Å². The summed E-state index contributed by atoms with van der Waals surface area (Å²) >= 11 is 0. The number of carbonyl (C=O) groups excluding carboxylic acids is 1. The van der Waals surface area contributed by atoms with Crippen LogP contribution in [0.1, 0.15) is 50.4 Å². The van der Waals surface area contributed by atoms with Gasteiger partial charge in [0.1, 0.15) is 11.7 Å². The van der Waals surface area contributed by atoms with Crippen LogP contribution < -0.4 is 15.3 Å². The summed E-state index contributed by atoms with van der Waals surface area (Å²) in [7, 11) is 3.52. The Morgan fingerprint density at radius 2 is 1.73 bits per heavy atom. The van der Waals surface area contributed by atoms with Crippen molar-refractivity contribution in [2.75, 3.05) is 11.5 Å². The van der Waals surface area contributed by atoms with Crippen LogP contribution in [0.3, 0.4) is 0 Å². The molecule has 1 atom stereocenters. The molecule has 2 aliphatic rings. The number of aromatic nitrogens is 2. The highest BCUT2D eigenvalue weighted by molar-refractivity contribution is 6.12. The number of imidazole rings is 1. The molecule has 1 aromatic heterocycles. The average Bonchev–Trinajstić information content (AvgIpc) is 3.18. The van der Waals surface area contributed by atoms with E-state index in [4.69, 9.17) is 4.74 Å². The van der Waals surface area contributed by atoms with Crippen LogP contribution in [0.25, 0.3) is 16.8 Å². The van der Waals surface area contributed by atoms with Crippen LogP contribution in [0.4, 0.5) is 5.69 Å². The summed E-state index contributed by atoms with van der Waals surface area (Å²) in [5, 5.41) is 0. The molecule has 170 valence electrons. The first-order chi connectivity index (χ1) is 15.7. The SMILES string of the molecule is CCOc1cc2c3c(c1)C(c1c(-c4ccccc4)n(C)c(=O)n1C)C(=O)N3C(C)(C)C=C2C. The lowest BCUT2D eigenvalue weighted by molar-refractivity contribution is -0.119. The van der Waals surface area contributed by atoms with Crippen LogP contribution in [-0.2, 0) is 18.9 Å². The van der Waals surface area contributed by atoms with Gasteiger partial charge >= 0.3 is 5.69 Å². The molecule has 1 amide bonds. The van der Waals surface area contributed by atoms with E-state index in [1.807, 2.05) is 54.3 Å². The van der Waals surface area contributed by atoms with Gasteiger partial charge in [-0.1, -0.05) is 36.4 Å². The first-order valence-electron chi connectivity index (χ1n) is 11.3. The highest BCUT2D eigenvalue weighted by Crippen LogP contribution is 2.53. The molecule has 1 unspecified atom stereocenters. The van der Waals surface area contributed by atoms with E-state index in [0.29, 0.717) is 12.3 Å². The summed E-state index contributed by atoms with van der Waals surface area (Å²) in [6.07, 6.45) is 2.14. The molecule has 33 heavy (non-hydrogen) atoms. The van der Waals surface area contributed by atoms with Gasteiger partial charge in [0.15, 0.2) is 0 Å². The van der Waals surface area contributed by atoms with E-state index in [1.165, 1.54) is 0 Å². The fourth-order valence-electron chi connectivity index (χ4n) is 5.55. The minimum absolute atomic E-state index is 0.0213. The molecule has 2 aliphatic heterocycles. The van der Waals surface area contributed by atoms with Crippen molar-refractivity contribution >= 4 is 17.2 Å². The first-order valence-corrected chi connectivity index (χ1v) is 11.3. The molecular weight excluding hydrogens is 414 g/mol. The Balaban J connectivity index is 1.85. The molecule has 0 aliphatic carbocycles. The standard InChI is InChI=1S/C27H29N3O3/c1-7-33-18-13-19-16(2)15-27(3,4)30-23(19)20(14-18)21(25(30)31)24-22(17-11-9-8-10-12-17)28(5)26(32)29(24)6/h8-15,21H,7H2,1-6H3. The summed E-state index contributed by atoms with van der Waals surface area (Å²) in [6.45, 7) is 8.68. The first kappa shape index (κ1) is 21.3. The number of hydrogen-bond acceptors (Lipinski definition) is 3. The largest absolute Gasteiger partial charge is 0.494 e. The number of benzene rings is 2. The Hall–Kier alpha value is -3.54. The number of rotatable bonds is 4.